The molecule has 0 amide bonds. The second kappa shape index (κ2) is 9.43. The molecule has 0 radical (unpaired) electrons. The normalized spacial score (nSPS) is 12.9. The minimum atomic E-state index is -3.51. The highest BCUT2D eigenvalue weighted by atomic mass is 32.2. The summed E-state index contributed by atoms with van der Waals surface area (Å²) >= 11 is 1.58. The van der Waals surface area contributed by atoms with Crippen molar-refractivity contribution in [3.05, 3.63) is 48.0 Å². The van der Waals surface area contributed by atoms with Crippen molar-refractivity contribution in [2.45, 2.75) is 25.9 Å². The van der Waals surface area contributed by atoms with E-state index >= 15 is 0 Å². The van der Waals surface area contributed by atoms with E-state index in [1.807, 2.05) is 43.6 Å². The third kappa shape index (κ3) is 5.66. The van der Waals surface area contributed by atoms with Gasteiger partial charge in [-0.15, -0.1) is 11.3 Å². The van der Waals surface area contributed by atoms with Crippen LogP contribution in [0.4, 0.5) is 17.2 Å². The number of nitrogens with one attached hydrogen (secondary N) is 4. The largest absolute Gasteiger partial charge is 0.394 e. The van der Waals surface area contributed by atoms with Crippen molar-refractivity contribution in [1.29, 1.82) is 0 Å². The maximum absolute atomic E-state index is 11.6. The van der Waals surface area contributed by atoms with Crippen LogP contribution in [-0.4, -0.2) is 52.4 Å². The van der Waals surface area contributed by atoms with Gasteiger partial charge in [0.05, 0.1) is 40.5 Å². The van der Waals surface area contributed by atoms with Crippen LogP contribution in [0.3, 0.4) is 0 Å². The summed E-state index contributed by atoms with van der Waals surface area (Å²) in [6.07, 6.45) is 4.34. The zero-order chi connectivity index (χ0) is 23.6. The summed E-state index contributed by atoms with van der Waals surface area (Å²) in [6.45, 7) is 3.64. The molecule has 12 heteroatoms. The number of rotatable bonds is 9. The van der Waals surface area contributed by atoms with Gasteiger partial charge in [0.25, 0.3) is 0 Å². The van der Waals surface area contributed by atoms with Crippen LogP contribution in [0.25, 0.3) is 21.5 Å². The summed E-state index contributed by atoms with van der Waals surface area (Å²) in [5.41, 5.74) is 5.92. The first kappa shape index (κ1) is 23.1. The molecule has 1 unspecified atom stereocenters. The van der Waals surface area contributed by atoms with Crippen LogP contribution in [0.2, 0.25) is 0 Å². The van der Waals surface area contributed by atoms with Crippen LogP contribution >= 0.6 is 11.3 Å². The molecule has 0 bridgehead atoms. The molecule has 0 fully saturated rings. The molecular formula is C21H25N7O3S2. The third-order valence-electron chi connectivity index (χ3n) is 4.71. The Balaban J connectivity index is 1.63. The zero-order valence-corrected chi connectivity index (χ0v) is 20.0. The molecule has 0 aliphatic rings. The van der Waals surface area contributed by atoms with Crippen molar-refractivity contribution in [1.82, 2.24) is 24.7 Å². The molecule has 3 heterocycles. The Morgan fingerprint density at radius 1 is 1.15 bits per heavy atom. The molecule has 3 aromatic heterocycles. The monoisotopic (exact) mass is 487 g/mol. The Kier molecular flexibility index (Phi) is 6.61. The predicted octanol–water partition coefficient (Wildman–Crippen LogP) is 3.23. The average Bonchev–Trinajstić information content (AvgIpc) is 3.40. The first-order chi connectivity index (χ1) is 15.7. The van der Waals surface area contributed by atoms with E-state index in [2.05, 4.69) is 35.3 Å². The second-order valence-electron chi connectivity index (χ2n) is 7.88. The number of hydrogen-bond donors (Lipinski definition) is 5. The Labute approximate surface area is 195 Å². The van der Waals surface area contributed by atoms with Gasteiger partial charge in [0.1, 0.15) is 17.7 Å². The van der Waals surface area contributed by atoms with E-state index in [9.17, 15) is 13.5 Å². The summed E-state index contributed by atoms with van der Waals surface area (Å²) < 4.78 is 26.6. The molecule has 1 aromatic carbocycles. The lowest BCUT2D eigenvalue weighted by atomic mass is 10.1. The van der Waals surface area contributed by atoms with Gasteiger partial charge in [-0.1, -0.05) is 0 Å². The van der Waals surface area contributed by atoms with Crippen molar-refractivity contribution >= 4 is 48.8 Å². The molecule has 0 saturated carbocycles. The first-order valence-electron chi connectivity index (χ1n) is 10.2. The maximum atomic E-state index is 11.6. The molecule has 4 rings (SSSR count). The number of pyridine rings is 1. The molecule has 0 aliphatic carbocycles. The van der Waals surface area contributed by atoms with Gasteiger partial charge < -0.3 is 20.7 Å². The van der Waals surface area contributed by atoms with Crippen molar-refractivity contribution in [2.75, 3.05) is 23.5 Å². The highest BCUT2D eigenvalue weighted by molar-refractivity contribution is 7.88. The highest BCUT2D eigenvalue weighted by Gasteiger charge is 2.20. The number of benzene rings is 1. The summed E-state index contributed by atoms with van der Waals surface area (Å²) in [5, 5.41) is 16.3. The fourth-order valence-corrected chi connectivity index (χ4v) is 4.76. The summed E-state index contributed by atoms with van der Waals surface area (Å²) in [4.78, 5) is 16.2. The van der Waals surface area contributed by atoms with E-state index < -0.39 is 22.7 Å². The molecule has 0 spiro atoms. The number of aliphatic hydroxyl groups excluding tert-OH is 1. The lowest BCUT2D eigenvalue weighted by Crippen LogP contribution is -2.30. The number of thiazole rings is 1. The molecular weight excluding hydrogens is 462 g/mol. The predicted molar refractivity (Wildman–Crippen MR) is 131 cm³/mol. The van der Waals surface area contributed by atoms with Crippen LogP contribution < -0.4 is 15.4 Å². The van der Waals surface area contributed by atoms with Crippen LogP contribution in [0.5, 0.6) is 0 Å². The molecule has 10 nitrogen and oxygen atoms in total. The number of aliphatic hydroxyl groups is 1. The van der Waals surface area contributed by atoms with E-state index in [1.54, 1.807) is 23.7 Å². The third-order valence-corrected chi connectivity index (χ3v) is 6.21. The number of fused-ring (bicyclic) bond motifs is 1. The van der Waals surface area contributed by atoms with Crippen molar-refractivity contribution < 1.29 is 13.5 Å². The molecule has 4 aromatic rings. The number of imidazole rings is 1. The lowest BCUT2D eigenvalue weighted by Gasteiger charge is -2.16. The minimum absolute atomic E-state index is 0.159. The number of H-pyrrole nitrogens is 1. The van der Waals surface area contributed by atoms with Gasteiger partial charge in [-0.3, -0.25) is 0 Å². The maximum Gasteiger partial charge on any atom is 0.209 e. The van der Waals surface area contributed by atoms with E-state index in [-0.39, 0.29) is 6.04 Å². The zero-order valence-electron chi connectivity index (χ0n) is 18.3. The van der Waals surface area contributed by atoms with Gasteiger partial charge in [0.2, 0.25) is 10.0 Å². The Morgan fingerprint density at radius 2 is 1.97 bits per heavy atom. The SMILES string of the molecule is CC(C)Nc1cc(Nc2ccc3ncsc3c2)ncc1-c1cnc(C(CO)NS(C)(=O)=O)[nH]1. The van der Waals surface area contributed by atoms with E-state index in [1.165, 1.54) is 0 Å². The molecule has 5 N–H and O–H groups in total. The fourth-order valence-electron chi connectivity index (χ4n) is 3.34. The van der Waals surface area contributed by atoms with Gasteiger partial charge in [0.15, 0.2) is 0 Å². The molecule has 174 valence electrons. The fraction of sp³-hybridized carbons (Fsp3) is 0.286. The van der Waals surface area contributed by atoms with E-state index in [0.717, 1.165) is 33.4 Å². The summed E-state index contributed by atoms with van der Waals surface area (Å²) in [6, 6.07) is 7.15. The first-order valence-corrected chi connectivity index (χ1v) is 13.0. The number of aromatic amines is 1. The van der Waals surface area contributed by atoms with Gasteiger partial charge in [-0.25, -0.2) is 28.1 Å². The van der Waals surface area contributed by atoms with Crippen molar-refractivity contribution in [3.63, 3.8) is 0 Å². The standard InChI is InChI=1S/C21H25N7O3S2/c1-12(2)25-16-7-20(26-13-4-5-15-19(6-13)32-11-24-15)22-8-14(16)17-9-23-21(27-17)18(10-29)28-33(3,30)31/h4-9,11-12,18,28-29H,10H2,1-3H3,(H,23,27)(H2,22,25,26). The van der Waals surface area contributed by atoms with Gasteiger partial charge >= 0.3 is 0 Å². The van der Waals surface area contributed by atoms with Crippen LogP contribution in [0, 0.1) is 0 Å². The lowest BCUT2D eigenvalue weighted by molar-refractivity contribution is 0.254. The van der Waals surface area contributed by atoms with Crippen LogP contribution in [0.1, 0.15) is 25.7 Å². The van der Waals surface area contributed by atoms with Crippen molar-refractivity contribution in [2.24, 2.45) is 0 Å². The highest BCUT2D eigenvalue weighted by Crippen LogP contribution is 2.31. The van der Waals surface area contributed by atoms with Gasteiger partial charge in [-0.05, 0) is 32.0 Å². The Bertz CT molecular complexity index is 1370. The van der Waals surface area contributed by atoms with E-state index in [4.69, 9.17) is 0 Å². The quantitative estimate of drug-likeness (QED) is 0.242. The molecule has 0 aliphatic heterocycles. The van der Waals surface area contributed by atoms with Crippen LogP contribution in [0.15, 0.2) is 42.2 Å². The number of hydrogen-bond acceptors (Lipinski definition) is 9. The van der Waals surface area contributed by atoms with Gasteiger partial charge in [-0.2, -0.15) is 0 Å². The summed E-state index contributed by atoms with van der Waals surface area (Å²) in [7, 11) is -3.51. The summed E-state index contributed by atoms with van der Waals surface area (Å²) in [5.74, 6) is 0.978. The topological polar surface area (TPSA) is 145 Å². The smallest absolute Gasteiger partial charge is 0.209 e. The average molecular weight is 488 g/mol. The minimum Gasteiger partial charge on any atom is -0.394 e. The van der Waals surface area contributed by atoms with Crippen LogP contribution in [-0.2, 0) is 10.0 Å². The molecule has 33 heavy (non-hydrogen) atoms. The Hall–Kier alpha value is -3.06. The molecule has 0 saturated heterocycles. The second-order valence-corrected chi connectivity index (χ2v) is 10.5. The number of sulfonamides is 1. The Morgan fingerprint density at radius 3 is 2.70 bits per heavy atom. The number of anilines is 3. The van der Waals surface area contributed by atoms with Crippen molar-refractivity contribution in [3.8, 4) is 11.3 Å². The van der Waals surface area contributed by atoms with E-state index in [0.29, 0.717) is 17.3 Å². The number of nitrogens with zero attached hydrogens (tertiary/aromatic N) is 3. The number of aromatic nitrogens is 4. The van der Waals surface area contributed by atoms with Gasteiger partial charge in [0, 0.05) is 35.2 Å². The molecule has 1 atom stereocenters.